The predicted octanol–water partition coefficient (Wildman–Crippen LogP) is 3.75. The number of rotatable bonds is 7. The number of ether oxygens (including phenoxy) is 2. The van der Waals surface area contributed by atoms with Gasteiger partial charge in [0.15, 0.2) is 5.41 Å². The van der Waals surface area contributed by atoms with Crippen LogP contribution in [0.25, 0.3) is 0 Å². The first-order chi connectivity index (χ1) is 10.00. The molecule has 21 heavy (non-hydrogen) atoms. The molecule has 0 atom stereocenters. The highest BCUT2D eigenvalue weighted by Gasteiger charge is 2.45. The minimum absolute atomic E-state index is 0.108. The SMILES string of the molecule is CCOC(=O)C(CC)(CC)C(=O)OCc1ccc(Cl)cc1. The van der Waals surface area contributed by atoms with Gasteiger partial charge in [0.1, 0.15) is 6.61 Å². The molecule has 0 bridgehead atoms. The van der Waals surface area contributed by atoms with Gasteiger partial charge in [0.25, 0.3) is 0 Å². The number of benzene rings is 1. The molecule has 5 heteroatoms. The average molecular weight is 313 g/mol. The predicted molar refractivity (Wildman–Crippen MR) is 80.9 cm³/mol. The summed E-state index contributed by atoms with van der Waals surface area (Å²) in [6.07, 6.45) is 0.698. The number of hydrogen-bond acceptors (Lipinski definition) is 4. The summed E-state index contributed by atoms with van der Waals surface area (Å²) >= 11 is 5.80. The van der Waals surface area contributed by atoms with Gasteiger partial charge in [0.05, 0.1) is 6.61 Å². The van der Waals surface area contributed by atoms with Gasteiger partial charge in [-0.05, 0) is 37.5 Å². The van der Waals surface area contributed by atoms with Crippen molar-refractivity contribution in [3.63, 3.8) is 0 Å². The molecular formula is C16H21ClO4. The fourth-order valence-corrected chi connectivity index (χ4v) is 2.17. The van der Waals surface area contributed by atoms with E-state index in [1.165, 1.54) is 0 Å². The first kappa shape index (κ1) is 17.5. The maximum absolute atomic E-state index is 12.3. The Morgan fingerprint density at radius 2 is 1.52 bits per heavy atom. The molecule has 0 saturated heterocycles. The fraction of sp³-hybridized carbons (Fsp3) is 0.500. The Balaban J connectivity index is 2.77. The molecule has 0 aliphatic carbocycles. The van der Waals surface area contributed by atoms with Crippen LogP contribution in [0.15, 0.2) is 24.3 Å². The molecule has 4 nitrogen and oxygen atoms in total. The van der Waals surface area contributed by atoms with Gasteiger partial charge in [-0.1, -0.05) is 37.6 Å². The van der Waals surface area contributed by atoms with E-state index in [0.717, 1.165) is 5.56 Å². The molecule has 0 heterocycles. The van der Waals surface area contributed by atoms with Crippen molar-refractivity contribution in [2.24, 2.45) is 5.41 Å². The van der Waals surface area contributed by atoms with Crippen LogP contribution in [0, 0.1) is 5.41 Å². The van der Waals surface area contributed by atoms with Crippen LogP contribution in [0.4, 0.5) is 0 Å². The lowest BCUT2D eigenvalue weighted by atomic mass is 9.82. The van der Waals surface area contributed by atoms with Gasteiger partial charge in [-0.2, -0.15) is 0 Å². The smallest absolute Gasteiger partial charge is 0.323 e. The van der Waals surface area contributed by atoms with Crippen LogP contribution < -0.4 is 0 Å². The van der Waals surface area contributed by atoms with E-state index < -0.39 is 17.4 Å². The molecular weight excluding hydrogens is 292 g/mol. The molecule has 0 spiro atoms. The van der Waals surface area contributed by atoms with Crippen LogP contribution in [0.3, 0.4) is 0 Å². The van der Waals surface area contributed by atoms with E-state index in [2.05, 4.69) is 0 Å². The Morgan fingerprint density at radius 1 is 1.00 bits per heavy atom. The third-order valence-electron chi connectivity index (χ3n) is 3.55. The van der Waals surface area contributed by atoms with E-state index in [0.29, 0.717) is 17.9 Å². The molecule has 1 aromatic carbocycles. The third kappa shape index (κ3) is 4.21. The summed E-state index contributed by atoms with van der Waals surface area (Å²) in [5, 5.41) is 0.619. The van der Waals surface area contributed by atoms with Crippen molar-refractivity contribution in [3.05, 3.63) is 34.9 Å². The van der Waals surface area contributed by atoms with Gasteiger partial charge < -0.3 is 9.47 Å². The molecule has 0 amide bonds. The van der Waals surface area contributed by atoms with Crippen molar-refractivity contribution in [1.29, 1.82) is 0 Å². The molecule has 0 N–H and O–H groups in total. The second kappa shape index (κ2) is 8.03. The lowest BCUT2D eigenvalue weighted by molar-refractivity contribution is -0.173. The quantitative estimate of drug-likeness (QED) is 0.568. The van der Waals surface area contributed by atoms with E-state index in [4.69, 9.17) is 21.1 Å². The van der Waals surface area contributed by atoms with E-state index in [1.807, 2.05) is 0 Å². The second-order valence-corrected chi connectivity index (χ2v) is 5.15. The van der Waals surface area contributed by atoms with E-state index in [9.17, 15) is 9.59 Å². The van der Waals surface area contributed by atoms with Gasteiger partial charge in [-0.25, -0.2) is 0 Å². The van der Waals surface area contributed by atoms with Crippen LogP contribution in [0.2, 0.25) is 5.02 Å². The Kier molecular flexibility index (Phi) is 6.69. The first-order valence-corrected chi connectivity index (χ1v) is 7.46. The largest absolute Gasteiger partial charge is 0.465 e. The zero-order valence-electron chi connectivity index (χ0n) is 12.6. The Bertz CT molecular complexity index is 478. The maximum atomic E-state index is 12.3. The zero-order valence-corrected chi connectivity index (χ0v) is 13.4. The highest BCUT2D eigenvalue weighted by atomic mass is 35.5. The summed E-state index contributed by atoms with van der Waals surface area (Å²) in [7, 11) is 0. The van der Waals surface area contributed by atoms with Crippen molar-refractivity contribution in [2.45, 2.75) is 40.2 Å². The summed E-state index contributed by atoms with van der Waals surface area (Å²) < 4.78 is 10.3. The average Bonchev–Trinajstić information content (AvgIpc) is 2.49. The Labute approximate surface area is 130 Å². The molecule has 1 rings (SSSR count). The summed E-state index contributed by atoms with van der Waals surface area (Å²) in [6, 6.07) is 7.00. The molecule has 1 aromatic rings. The van der Waals surface area contributed by atoms with Gasteiger partial charge in [-0.3, -0.25) is 9.59 Å². The van der Waals surface area contributed by atoms with Crippen LogP contribution in [0.1, 0.15) is 39.2 Å². The standard InChI is InChI=1S/C16H21ClO4/c1-4-16(5-2,14(18)20-6-3)15(19)21-11-12-7-9-13(17)10-8-12/h7-10H,4-6,11H2,1-3H3. The molecule has 0 unspecified atom stereocenters. The number of halogens is 1. The highest BCUT2D eigenvalue weighted by Crippen LogP contribution is 2.30. The van der Waals surface area contributed by atoms with Crippen molar-refractivity contribution >= 4 is 23.5 Å². The van der Waals surface area contributed by atoms with Crippen LogP contribution in [0.5, 0.6) is 0 Å². The molecule has 0 aliphatic heterocycles. The van der Waals surface area contributed by atoms with Crippen LogP contribution >= 0.6 is 11.6 Å². The summed E-state index contributed by atoms with van der Waals surface area (Å²) in [5.74, 6) is -1.06. The number of hydrogen-bond donors (Lipinski definition) is 0. The lowest BCUT2D eigenvalue weighted by Crippen LogP contribution is -2.41. The van der Waals surface area contributed by atoms with Crippen LogP contribution in [-0.4, -0.2) is 18.5 Å². The molecule has 0 radical (unpaired) electrons. The minimum atomic E-state index is -1.22. The number of esters is 2. The summed E-state index contributed by atoms with van der Waals surface area (Å²) in [4.78, 5) is 24.4. The van der Waals surface area contributed by atoms with Gasteiger partial charge >= 0.3 is 11.9 Å². The second-order valence-electron chi connectivity index (χ2n) is 4.71. The van der Waals surface area contributed by atoms with E-state index in [1.54, 1.807) is 45.0 Å². The van der Waals surface area contributed by atoms with Crippen molar-refractivity contribution < 1.29 is 19.1 Å². The zero-order chi connectivity index (χ0) is 15.9. The summed E-state index contributed by atoms with van der Waals surface area (Å²) in [6.45, 7) is 5.63. The molecule has 0 aromatic heterocycles. The normalized spacial score (nSPS) is 11.0. The van der Waals surface area contributed by atoms with Crippen molar-refractivity contribution in [3.8, 4) is 0 Å². The Hall–Kier alpha value is -1.55. The fourth-order valence-electron chi connectivity index (χ4n) is 2.05. The maximum Gasteiger partial charge on any atom is 0.323 e. The first-order valence-electron chi connectivity index (χ1n) is 7.09. The van der Waals surface area contributed by atoms with Crippen molar-refractivity contribution in [1.82, 2.24) is 0 Å². The monoisotopic (exact) mass is 312 g/mol. The van der Waals surface area contributed by atoms with E-state index >= 15 is 0 Å². The molecule has 116 valence electrons. The summed E-state index contributed by atoms with van der Waals surface area (Å²) in [5.41, 5.74) is -0.402. The number of carbonyl (C=O) groups is 2. The third-order valence-corrected chi connectivity index (χ3v) is 3.80. The lowest BCUT2D eigenvalue weighted by Gasteiger charge is -2.26. The molecule has 0 aliphatic rings. The van der Waals surface area contributed by atoms with E-state index in [-0.39, 0.29) is 13.2 Å². The molecule has 0 fully saturated rings. The highest BCUT2D eigenvalue weighted by molar-refractivity contribution is 6.30. The number of carbonyl (C=O) groups excluding carboxylic acids is 2. The van der Waals surface area contributed by atoms with Gasteiger partial charge in [0, 0.05) is 5.02 Å². The Morgan fingerprint density at radius 3 is 2.00 bits per heavy atom. The topological polar surface area (TPSA) is 52.6 Å². The molecule has 0 saturated carbocycles. The minimum Gasteiger partial charge on any atom is -0.465 e. The van der Waals surface area contributed by atoms with Gasteiger partial charge in [0.2, 0.25) is 0 Å². The van der Waals surface area contributed by atoms with Crippen LogP contribution in [-0.2, 0) is 25.7 Å². The van der Waals surface area contributed by atoms with Crippen molar-refractivity contribution in [2.75, 3.05) is 6.61 Å². The van der Waals surface area contributed by atoms with Gasteiger partial charge in [-0.15, -0.1) is 0 Å².